The van der Waals surface area contributed by atoms with Crippen LogP contribution in [0.15, 0.2) is 51.0 Å². The van der Waals surface area contributed by atoms with E-state index >= 15 is 0 Å². The Labute approximate surface area is 130 Å². The monoisotopic (exact) mass is 306 g/mol. The fourth-order valence-corrected chi connectivity index (χ4v) is 1.94. The lowest BCUT2D eigenvalue weighted by Crippen LogP contribution is -2.21. The zero-order chi connectivity index (χ0) is 14.5. The molecule has 0 aliphatic heterocycles. The van der Waals surface area contributed by atoms with Gasteiger partial charge < -0.3 is 15.9 Å². The Morgan fingerprint density at radius 1 is 1.14 bits per heavy atom. The van der Waals surface area contributed by atoms with Crippen molar-refractivity contribution in [2.24, 2.45) is 21.7 Å². The minimum absolute atomic E-state index is 0. The third-order valence-electron chi connectivity index (χ3n) is 2.83. The molecule has 0 aliphatic rings. The van der Waals surface area contributed by atoms with Gasteiger partial charge in [0.1, 0.15) is 11.5 Å². The van der Waals surface area contributed by atoms with E-state index in [0.717, 1.165) is 11.3 Å². The van der Waals surface area contributed by atoms with Crippen LogP contribution in [-0.4, -0.2) is 12.2 Å². The van der Waals surface area contributed by atoms with E-state index in [1.54, 1.807) is 0 Å². The molecule has 2 aromatic rings. The highest BCUT2D eigenvalue weighted by Crippen LogP contribution is 2.29. The molecule has 0 aliphatic carbocycles. The Morgan fingerprint density at radius 2 is 1.86 bits per heavy atom. The van der Waals surface area contributed by atoms with Crippen molar-refractivity contribution in [2.45, 2.75) is 19.8 Å². The number of halogens is 1. The van der Waals surface area contributed by atoms with Gasteiger partial charge in [0.25, 0.3) is 0 Å². The Balaban J connectivity index is 0.00000220. The van der Waals surface area contributed by atoms with Gasteiger partial charge in [-0.05, 0) is 23.6 Å². The van der Waals surface area contributed by atoms with Crippen molar-refractivity contribution in [2.75, 3.05) is 0 Å². The van der Waals surface area contributed by atoms with Gasteiger partial charge >= 0.3 is 0 Å². The molecule has 0 amide bonds. The predicted molar refractivity (Wildman–Crippen MR) is 88.9 cm³/mol. The summed E-state index contributed by atoms with van der Waals surface area (Å²) in [7, 11) is 0. The van der Waals surface area contributed by atoms with E-state index < -0.39 is 0 Å². The highest BCUT2D eigenvalue weighted by atomic mass is 35.5. The minimum atomic E-state index is -0.0850. The first-order valence-electron chi connectivity index (χ1n) is 6.39. The van der Waals surface area contributed by atoms with Crippen LogP contribution in [0.2, 0.25) is 0 Å². The maximum absolute atomic E-state index is 5.74. The Morgan fingerprint density at radius 3 is 2.52 bits per heavy atom. The standard InChI is InChI=1S/C15H18N4O.ClH/c1-10(2)12-5-3-4-6-13(12)14-8-7-11(20-14)9-18-19-15(16)17;/h3-10H,1-2H3,(H4,16,17,19);1H/b18-9+;. The zero-order valence-corrected chi connectivity index (χ0v) is 12.8. The summed E-state index contributed by atoms with van der Waals surface area (Å²) in [5, 5.41) is 7.25. The predicted octanol–water partition coefficient (Wildman–Crippen LogP) is 3.10. The van der Waals surface area contributed by atoms with Crippen molar-refractivity contribution < 1.29 is 4.42 Å². The lowest BCUT2D eigenvalue weighted by atomic mass is 9.96. The molecule has 0 spiro atoms. The number of hydrogen-bond donors (Lipinski definition) is 2. The van der Waals surface area contributed by atoms with Crippen LogP contribution in [0.25, 0.3) is 11.3 Å². The summed E-state index contributed by atoms with van der Waals surface area (Å²) in [5.41, 5.74) is 12.7. The lowest BCUT2D eigenvalue weighted by Gasteiger charge is -2.10. The average molecular weight is 307 g/mol. The van der Waals surface area contributed by atoms with Crippen LogP contribution in [0.3, 0.4) is 0 Å². The molecule has 1 heterocycles. The molecule has 0 bridgehead atoms. The van der Waals surface area contributed by atoms with Gasteiger partial charge in [0.2, 0.25) is 5.96 Å². The molecule has 21 heavy (non-hydrogen) atoms. The summed E-state index contributed by atoms with van der Waals surface area (Å²) in [6, 6.07) is 11.9. The molecule has 1 aromatic carbocycles. The second-order valence-corrected chi connectivity index (χ2v) is 4.71. The van der Waals surface area contributed by atoms with Crippen molar-refractivity contribution in [3.63, 3.8) is 0 Å². The molecule has 1 aromatic heterocycles. The molecule has 112 valence electrons. The summed E-state index contributed by atoms with van der Waals surface area (Å²) in [6.07, 6.45) is 1.47. The molecule has 0 saturated heterocycles. The Bertz CT molecular complexity index is 643. The molecule has 0 unspecified atom stereocenters. The van der Waals surface area contributed by atoms with E-state index in [-0.39, 0.29) is 18.4 Å². The number of nitrogens with two attached hydrogens (primary N) is 2. The molecule has 5 nitrogen and oxygen atoms in total. The number of hydrogen-bond acceptors (Lipinski definition) is 3. The van der Waals surface area contributed by atoms with Gasteiger partial charge in [-0.2, -0.15) is 5.10 Å². The summed E-state index contributed by atoms with van der Waals surface area (Å²) < 4.78 is 5.74. The van der Waals surface area contributed by atoms with Crippen molar-refractivity contribution in [3.05, 3.63) is 47.7 Å². The molecule has 0 saturated carbocycles. The fourth-order valence-electron chi connectivity index (χ4n) is 1.94. The maximum Gasteiger partial charge on any atom is 0.211 e. The van der Waals surface area contributed by atoms with Crippen LogP contribution in [0, 0.1) is 0 Å². The number of furan rings is 1. The van der Waals surface area contributed by atoms with Crippen molar-refractivity contribution in [3.8, 4) is 11.3 Å². The zero-order valence-electron chi connectivity index (χ0n) is 12.0. The minimum Gasteiger partial charge on any atom is -0.455 e. The number of rotatable bonds is 4. The summed E-state index contributed by atoms with van der Waals surface area (Å²) >= 11 is 0. The first-order valence-corrected chi connectivity index (χ1v) is 6.39. The molecule has 0 radical (unpaired) electrons. The first-order chi connectivity index (χ1) is 9.58. The fraction of sp³-hybridized carbons (Fsp3) is 0.200. The van der Waals surface area contributed by atoms with Crippen LogP contribution in [0.1, 0.15) is 31.1 Å². The van der Waals surface area contributed by atoms with Gasteiger partial charge in [-0.15, -0.1) is 17.5 Å². The average Bonchev–Trinajstić information content (AvgIpc) is 2.87. The van der Waals surface area contributed by atoms with Gasteiger partial charge in [0, 0.05) is 5.56 Å². The van der Waals surface area contributed by atoms with E-state index in [9.17, 15) is 0 Å². The van der Waals surface area contributed by atoms with Crippen LogP contribution >= 0.6 is 12.4 Å². The van der Waals surface area contributed by atoms with Crippen molar-refractivity contribution >= 4 is 24.6 Å². The molecule has 0 fully saturated rings. The van der Waals surface area contributed by atoms with E-state index in [0.29, 0.717) is 11.7 Å². The van der Waals surface area contributed by atoms with Gasteiger partial charge in [0.15, 0.2) is 0 Å². The van der Waals surface area contributed by atoms with E-state index in [1.165, 1.54) is 11.8 Å². The quantitative estimate of drug-likeness (QED) is 0.516. The topological polar surface area (TPSA) is 89.9 Å². The second-order valence-electron chi connectivity index (χ2n) is 4.71. The first kappa shape index (κ1) is 16.8. The van der Waals surface area contributed by atoms with Crippen molar-refractivity contribution in [1.82, 2.24) is 0 Å². The normalized spacial score (nSPS) is 10.6. The third-order valence-corrected chi connectivity index (χ3v) is 2.83. The van der Waals surface area contributed by atoms with E-state index in [2.05, 4.69) is 30.1 Å². The van der Waals surface area contributed by atoms with E-state index in [4.69, 9.17) is 15.9 Å². The van der Waals surface area contributed by atoms with Crippen LogP contribution in [-0.2, 0) is 0 Å². The molecule has 2 rings (SSSR count). The maximum atomic E-state index is 5.74. The SMILES string of the molecule is CC(C)c1ccccc1-c1ccc(/C=N/N=C(N)N)o1.Cl. The molecule has 0 atom stereocenters. The molecule has 6 heteroatoms. The van der Waals surface area contributed by atoms with E-state index in [1.807, 2.05) is 30.3 Å². The van der Waals surface area contributed by atoms with Crippen LogP contribution in [0.5, 0.6) is 0 Å². The summed E-state index contributed by atoms with van der Waals surface area (Å²) in [6.45, 7) is 4.31. The Kier molecular flexibility index (Phi) is 5.99. The highest BCUT2D eigenvalue weighted by molar-refractivity contribution is 5.85. The van der Waals surface area contributed by atoms with Crippen LogP contribution in [0.4, 0.5) is 0 Å². The highest BCUT2D eigenvalue weighted by Gasteiger charge is 2.10. The number of guanidine groups is 1. The van der Waals surface area contributed by atoms with Gasteiger partial charge in [-0.1, -0.05) is 38.1 Å². The molecule has 4 N–H and O–H groups in total. The van der Waals surface area contributed by atoms with Crippen molar-refractivity contribution in [1.29, 1.82) is 0 Å². The number of nitrogens with zero attached hydrogens (tertiary/aromatic N) is 2. The summed E-state index contributed by atoms with van der Waals surface area (Å²) in [5.74, 6) is 1.75. The van der Waals surface area contributed by atoms with Gasteiger partial charge in [-0.3, -0.25) is 0 Å². The third kappa shape index (κ3) is 4.36. The largest absolute Gasteiger partial charge is 0.455 e. The molecular weight excluding hydrogens is 288 g/mol. The number of benzene rings is 1. The molecular formula is C15H19ClN4O. The Hall–Kier alpha value is -2.27. The van der Waals surface area contributed by atoms with Crippen LogP contribution < -0.4 is 11.5 Å². The second kappa shape index (κ2) is 7.50. The van der Waals surface area contributed by atoms with Gasteiger partial charge in [-0.25, -0.2) is 0 Å². The smallest absolute Gasteiger partial charge is 0.211 e. The summed E-state index contributed by atoms with van der Waals surface area (Å²) in [4.78, 5) is 0. The lowest BCUT2D eigenvalue weighted by molar-refractivity contribution is 0.573. The van der Waals surface area contributed by atoms with Gasteiger partial charge in [0.05, 0.1) is 6.21 Å².